The quantitative estimate of drug-likeness (QED) is 0.773. The Morgan fingerprint density at radius 2 is 1.93 bits per heavy atom. The standard InChI is InChI=1S/C21H21N3O3/c1-26-20-8-3-2-7-17(20)19-14-18(22-23-19)15-5-4-6-16(13-15)21(25)24-9-11-27-12-10-24/h2-8,13-14H,9-12H2,1H3,(H,22,23). The number of H-pyrrole nitrogens is 1. The summed E-state index contributed by atoms with van der Waals surface area (Å²) in [6.07, 6.45) is 0. The van der Waals surface area contributed by atoms with E-state index in [1.165, 1.54) is 0 Å². The van der Waals surface area contributed by atoms with E-state index >= 15 is 0 Å². The van der Waals surface area contributed by atoms with E-state index in [2.05, 4.69) is 10.2 Å². The van der Waals surface area contributed by atoms with E-state index in [0.29, 0.717) is 31.9 Å². The van der Waals surface area contributed by atoms with Crippen molar-refractivity contribution in [2.24, 2.45) is 0 Å². The van der Waals surface area contributed by atoms with Crippen molar-refractivity contribution in [3.8, 4) is 28.3 Å². The number of carbonyl (C=O) groups excluding carboxylic acids is 1. The molecule has 2 aromatic carbocycles. The van der Waals surface area contributed by atoms with Crippen molar-refractivity contribution in [1.82, 2.24) is 15.1 Å². The van der Waals surface area contributed by atoms with Gasteiger partial charge in [-0.15, -0.1) is 0 Å². The largest absolute Gasteiger partial charge is 0.496 e. The molecule has 1 N–H and O–H groups in total. The van der Waals surface area contributed by atoms with E-state index in [1.54, 1.807) is 7.11 Å². The molecule has 4 rings (SSSR count). The molecule has 3 aromatic rings. The minimum Gasteiger partial charge on any atom is -0.496 e. The zero-order valence-electron chi connectivity index (χ0n) is 15.1. The molecule has 0 aliphatic carbocycles. The molecule has 27 heavy (non-hydrogen) atoms. The number of hydrogen-bond acceptors (Lipinski definition) is 4. The summed E-state index contributed by atoms with van der Waals surface area (Å²) in [6, 6.07) is 17.3. The molecular weight excluding hydrogens is 342 g/mol. The highest BCUT2D eigenvalue weighted by atomic mass is 16.5. The van der Waals surface area contributed by atoms with Gasteiger partial charge in [0.05, 0.1) is 31.7 Å². The fourth-order valence-electron chi connectivity index (χ4n) is 3.24. The number of carbonyl (C=O) groups is 1. The highest BCUT2D eigenvalue weighted by Gasteiger charge is 2.19. The number of ether oxygens (including phenoxy) is 2. The number of aromatic nitrogens is 2. The first-order valence-electron chi connectivity index (χ1n) is 8.92. The molecule has 0 radical (unpaired) electrons. The summed E-state index contributed by atoms with van der Waals surface area (Å²) in [5, 5.41) is 7.49. The van der Waals surface area contributed by atoms with Crippen LogP contribution in [0.25, 0.3) is 22.5 Å². The van der Waals surface area contributed by atoms with Gasteiger partial charge in [0.1, 0.15) is 5.75 Å². The van der Waals surface area contributed by atoms with E-state index in [-0.39, 0.29) is 5.91 Å². The Morgan fingerprint density at radius 1 is 1.11 bits per heavy atom. The second-order valence-electron chi connectivity index (χ2n) is 6.35. The minimum absolute atomic E-state index is 0.0284. The molecule has 6 nitrogen and oxygen atoms in total. The van der Waals surface area contributed by atoms with Gasteiger partial charge >= 0.3 is 0 Å². The maximum atomic E-state index is 12.7. The minimum atomic E-state index is 0.0284. The lowest BCUT2D eigenvalue weighted by Crippen LogP contribution is -2.40. The lowest BCUT2D eigenvalue weighted by atomic mass is 10.1. The number of aromatic amines is 1. The van der Waals surface area contributed by atoms with Crippen LogP contribution in [0.1, 0.15) is 10.4 Å². The van der Waals surface area contributed by atoms with E-state index in [0.717, 1.165) is 28.3 Å². The highest BCUT2D eigenvalue weighted by molar-refractivity contribution is 5.95. The summed E-state index contributed by atoms with van der Waals surface area (Å²) in [7, 11) is 1.65. The number of morpholine rings is 1. The fourth-order valence-corrected chi connectivity index (χ4v) is 3.24. The van der Waals surface area contributed by atoms with Crippen molar-refractivity contribution in [2.45, 2.75) is 0 Å². The molecule has 2 heterocycles. The smallest absolute Gasteiger partial charge is 0.254 e. The third-order valence-electron chi connectivity index (χ3n) is 4.68. The van der Waals surface area contributed by atoms with Gasteiger partial charge in [0.2, 0.25) is 0 Å². The molecule has 6 heteroatoms. The average Bonchev–Trinajstić information content (AvgIpc) is 3.24. The van der Waals surface area contributed by atoms with E-state index in [4.69, 9.17) is 9.47 Å². The Kier molecular flexibility index (Phi) is 4.89. The van der Waals surface area contributed by atoms with Crippen molar-refractivity contribution in [3.05, 3.63) is 60.2 Å². The molecule has 1 aliphatic rings. The van der Waals surface area contributed by atoms with Crippen LogP contribution in [0.2, 0.25) is 0 Å². The van der Waals surface area contributed by atoms with Gasteiger partial charge in [-0.25, -0.2) is 0 Å². The SMILES string of the molecule is COc1ccccc1-c1cc(-c2cccc(C(=O)N3CCOCC3)c2)n[nH]1. The molecule has 1 aliphatic heterocycles. The van der Waals surface area contributed by atoms with Crippen molar-refractivity contribution in [2.75, 3.05) is 33.4 Å². The van der Waals surface area contributed by atoms with Crippen molar-refractivity contribution < 1.29 is 14.3 Å². The molecule has 1 aromatic heterocycles. The van der Waals surface area contributed by atoms with Gasteiger partial charge in [-0.05, 0) is 30.3 Å². The van der Waals surface area contributed by atoms with Crippen molar-refractivity contribution in [1.29, 1.82) is 0 Å². The van der Waals surface area contributed by atoms with Gasteiger partial charge < -0.3 is 14.4 Å². The average molecular weight is 363 g/mol. The summed E-state index contributed by atoms with van der Waals surface area (Å²) < 4.78 is 10.7. The van der Waals surface area contributed by atoms with Gasteiger partial charge in [0.15, 0.2) is 0 Å². The molecule has 0 spiro atoms. The predicted molar refractivity (Wildman–Crippen MR) is 103 cm³/mol. The molecule has 0 saturated carbocycles. The fraction of sp³-hybridized carbons (Fsp3) is 0.238. The third-order valence-corrected chi connectivity index (χ3v) is 4.68. The molecule has 0 bridgehead atoms. The third kappa shape index (κ3) is 3.57. The lowest BCUT2D eigenvalue weighted by molar-refractivity contribution is 0.0303. The number of hydrogen-bond donors (Lipinski definition) is 1. The van der Waals surface area contributed by atoms with Gasteiger partial charge in [-0.2, -0.15) is 5.10 Å². The predicted octanol–water partition coefficient (Wildman–Crippen LogP) is 3.22. The molecule has 1 fully saturated rings. The number of benzene rings is 2. The number of methoxy groups -OCH3 is 1. The van der Waals surface area contributed by atoms with Gasteiger partial charge in [-0.3, -0.25) is 9.89 Å². The zero-order chi connectivity index (χ0) is 18.6. The second-order valence-corrected chi connectivity index (χ2v) is 6.35. The first-order chi connectivity index (χ1) is 13.3. The van der Waals surface area contributed by atoms with Crippen LogP contribution >= 0.6 is 0 Å². The maximum absolute atomic E-state index is 12.7. The molecule has 1 saturated heterocycles. The summed E-state index contributed by atoms with van der Waals surface area (Å²) in [5.41, 5.74) is 4.15. The Morgan fingerprint density at radius 3 is 2.74 bits per heavy atom. The van der Waals surface area contributed by atoms with Crippen LogP contribution in [0, 0.1) is 0 Å². The van der Waals surface area contributed by atoms with Crippen LogP contribution in [0.4, 0.5) is 0 Å². The first-order valence-corrected chi connectivity index (χ1v) is 8.92. The number of nitrogens with zero attached hydrogens (tertiary/aromatic N) is 2. The Hall–Kier alpha value is -3.12. The van der Waals surface area contributed by atoms with E-state index < -0.39 is 0 Å². The number of rotatable bonds is 4. The van der Waals surface area contributed by atoms with E-state index in [9.17, 15) is 4.79 Å². The van der Waals surface area contributed by atoms with Crippen LogP contribution < -0.4 is 4.74 Å². The monoisotopic (exact) mass is 363 g/mol. The van der Waals surface area contributed by atoms with Crippen LogP contribution in [-0.2, 0) is 4.74 Å². The van der Waals surface area contributed by atoms with Crippen LogP contribution in [0.5, 0.6) is 5.75 Å². The first kappa shape index (κ1) is 17.3. The maximum Gasteiger partial charge on any atom is 0.254 e. The number of nitrogens with one attached hydrogen (secondary N) is 1. The van der Waals surface area contributed by atoms with Crippen LogP contribution in [0.3, 0.4) is 0 Å². The van der Waals surface area contributed by atoms with Crippen LogP contribution in [-0.4, -0.2) is 54.4 Å². The van der Waals surface area contributed by atoms with Crippen LogP contribution in [0.15, 0.2) is 54.6 Å². The molecule has 1 amide bonds. The number of amides is 1. The lowest BCUT2D eigenvalue weighted by Gasteiger charge is -2.26. The van der Waals surface area contributed by atoms with Crippen molar-refractivity contribution >= 4 is 5.91 Å². The Labute approximate surface area is 157 Å². The molecule has 0 atom stereocenters. The Balaban J connectivity index is 1.61. The normalized spacial score (nSPS) is 14.2. The second kappa shape index (κ2) is 7.63. The summed E-state index contributed by atoms with van der Waals surface area (Å²) in [6.45, 7) is 2.44. The van der Waals surface area contributed by atoms with Gasteiger partial charge in [-0.1, -0.05) is 24.3 Å². The highest BCUT2D eigenvalue weighted by Crippen LogP contribution is 2.30. The summed E-state index contributed by atoms with van der Waals surface area (Å²) in [5.74, 6) is 0.810. The van der Waals surface area contributed by atoms with E-state index in [1.807, 2.05) is 59.5 Å². The molecule has 138 valence electrons. The topological polar surface area (TPSA) is 67.4 Å². The summed E-state index contributed by atoms with van der Waals surface area (Å²) >= 11 is 0. The molecular formula is C21H21N3O3. The number of para-hydroxylation sites is 1. The van der Waals surface area contributed by atoms with Gasteiger partial charge in [0, 0.05) is 29.8 Å². The zero-order valence-corrected chi connectivity index (χ0v) is 15.1. The Bertz CT molecular complexity index is 945. The van der Waals surface area contributed by atoms with Crippen molar-refractivity contribution in [3.63, 3.8) is 0 Å². The van der Waals surface area contributed by atoms with Gasteiger partial charge in [0.25, 0.3) is 5.91 Å². The summed E-state index contributed by atoms with van der Waals surface area (Å²) in [4.78, 5) is 14.5. The molecule has 0 unspecified atom stereocenters.